The third kappa shape index (κ3) is 5.53. The molecule has 17 nitrogen and oxygen atoms in total. The molecule has 3 aliphatic heterocycles. The Kier molecular flexibility index (Phi) is 7.40. The number of benzene rings is 1. The van der Waals surface area contributed by atoms with Gasteiger partial charge in [0.1, 0.15) is 31.0 Å². The lowest BCUT2D eigenvalue weighted by Crippen LogP contribution is -2.70. The molecule has 2 atom stereocenters. The second-order valence-corrected chi connectivity index (χ2v) is 13.8. The molecular weight excluding hydrogens is 628 g/mol. The molecule has 1 saturated heterocycles. The van der Waals surface area contributed by atoms with E-state index in [0.29, 0.717) is 41.4 Å². The highest BCUT2D eigenvalue weighted by atomic mass is 32.2. The highest BCUT2D eigenvalue weighted by molar-refractivity contribution is 8.00. The van der Waals surface area contributed by atoms with Crippen LogP contribution in [0.1, 0.15) is 35.7 Å². The summed E-state index contributed by atoms with van der Waals surface area (Å²) in [5, 5.41) is 49.9. The van der Waals surface area contributed by atoms with Gasteiger partial charge in [0, 0.05) is 28.6 Å². The Morgan fingerprint density at radius 2 is 1.96 bits per heavy atom. The number of hydrogen-bond acceptors (Lipinski definition) is 14. The molecule has 7 N–H and O–H groups in total. The lowest BCUT2D eigenvalue weighted by molar-refractivity contribution is -0.924. The van der Waals surface area contributed by atoms with Gasteiger partial charge in [-0.15, -0.1) is 16.9 Å². The Morgan fingerprint density at radius 1 is 1.27 bits per heavy atom. The van der Waals surface area contributed by atoms with Gasteiger partial charge >= 0.3 is 5.97 Å². The number of carbonyl (C=O) groups excluding carboxylic acids is 2. The summed E-state index contributed by atoms with van der Waals surface area (Å²) in [7, 11) is 2.05. The van der Waals surface area contributed by atoms with Gasteiger partial charge < -0.3 is 35.7 Å². The van der Waals surface area contributed by atoms with Gasteiger partial charge in [0.25, 0.3) is 11.8 Å². The Morgan fingerprint density at radius 3 is 2.53 bits per heavy atom. The lowest BCUT2D eigenvalue weighted by Gasteiger charge is -2.50. The molecule has 0 spiro atoms. The number of phenols is 2. The first-order valence-electron chi connectivity index (χ1n) is 13.6. The van der Waals surface area contributed by atoms with E-state index in [1.807, 2.05) is 0 Å². The van der Waals surface area contributed by atoms with Crippen LogP contribution < -0.4 is 11.1 Å². The number of nitrogens with two attached hydrogens (primary N) is 1. The van der Waals surface area contributed by atoms with Gasteiger partial charge in [-0.25, -0.2) is 14.9 Å². The van der Waals surface area contributed by atoms with E-state index in [1.165, 1.54) is 31.8 Å². The number of tetrazole rings is 1. The van der Waals surface area contributed by atoms with Crippen LogP contribution in [-0.4, -0.2) is 110 Å². The zero-order valence-corrected chi connectivity index (χ0v) is 25.8. The maximum atomic E-state index is 13.7. The summed E-state index contributed by atoms with van der Waals surface area (Å²) in [6.07, 6.45) is 1.31. The number of thiazole rings is 1. The van der Waals surface area contributed by atoms with Gasteiger partial charge in [-0.2, -0.15) is 0 Å². The van der Waals surface area contributed by atoms with Crippen LogP contribution in [0.3, 0.4) is 0 Å². The number of rotatable bonds is 9. The number of fused-ring (bicyclic) bond motifs is 2. The maximum absolute atomic E-state index is 13.7. The van der Waals surface area contributed by atoms with Crippen molar-refractivity contribution < 1.29 is 39.0 Å². The average Bonchev–Trinajstić information content (AvgIpc) is 3.72. The highest BCUT2D eigenvalue weighted by Gasteiger charge is 2.54. The van der Waals surface area contributed by atoms with Crippen molar-refractivity contribution in [2.75, 3.05) is 25.1 Å². The number of anilines is 1. The number of thioether (sulfide) groups is 1. The maximum Gasteiger partial charge on any atom is 0.350 e. The molecule has 0 saturated carbocycles. The van der Waals surface area contributed by atoms with E-state index >= 15 is 0 Å². The van der Waals surface area contributed by atoms with E-state index in [1.54, 1.807) is 17.0 Å². The van der Waals surface area contributed by atoms with Gasteiger partial charge in [0.05, 0.1) is 17.6 Å². The number of quaternary nitrogens is 1. The predicted octanol–water partition coefficient (Wildman–Crippen LogP) is 0.205. The topological polar surface area (TPSA) is 242 Å². The fourth-order valence-corrected chi connectivity index (χ4v) is 7.50. The number of carboxylic acids is 1. The molecule has 1 aromatic carbocycles. The summed E-state index contributed by atoms with van der Waals surface area (Å²) in [5.74, 6) is -2.00. The normalized spacial score (nSPS) is 20.8. The fourth-order valence-electron chi connectivity index (χ4n) is 5.50. The second-order valence-electron chi connectivity index (χ2n) is 11.7. The van der Waals surface area contributed by atoms with Crippen LogP contribution in [0.15, 0.2) is 29.1 Å². The molecule has 0 radical (unpaired) electrons. The molecule has 236 valence electrons. The number of aromatic amines is 1. The monoisotopic (exact) mass is 657 g/mol. The summed E-state index contributed by atoms with van der Waals surface area (Å²) < 4.78 is 0.524. The van der Waals surface area contributed by atoms with Crippen LogP contribution in [0.4, 0.5) is 5.13 Å². The van der Waals surface area contributed by atoms with Gasteiger partial charge in [-0.3, -0.25) is 14.5 Å². The molecule has 0 unspecified atom stereocenters. The molecule has 19 heteroatoms. The van der Waals surface area contributed by atoms with E-state index in [4.69, 9.17) is 10.6 Å². The van der Waals surface area contributed by atoms with Gasteiger partial charge in [-0.05, 0) is 36.4 Å². The van der Waals surface area contributed by atoms with Crippen molar-refractivity contribution in [2.45, 2.75) is 44.0 Å². The van der Waals surface area contributed by atoms with Crippen LogP contribution in [0.25, 0.3) is 5.70 Å². The first-order chi connectivity index (χ1) is 21.3. The van der Waals surface area contributed by atoms with Crippen molar-refractivity contribution >= 4 is 57.4 Å². The smallest absolute Gasteiger partial charge is 0.350 e. The summed E-state index contributed by atoms with van der Waals surface area (Å²) >= 11 is 2.42. The number of carbonyl (C=O) groups is 3. The third-order valence-electron chi connectivity index (χ3n) is 7.73. The molecule has 2 aromatic heterocycles. The number of aromatic nitrogens is 5. The third-order valence-corrected chi connectivity index (χ3v) is 9.90. The molecule has 2 amide bonds. The molecule has 5 heterocycles. The van der Waals surface area contributed by atoms with Gasteiger partial charge in [0.15, 0.2) is 28.2 Å². The Hall–Kier alpha value is -4.75. The minimum absolute atomic E-state index is 0.158. The molecule has 1 fully saturated rings. The highest BCUT2D eigenvalue weighted by Crippen LogP contribution is 2.45. The number of nitrogens with one attached hydrogen (secondary N) is 2. The van der Waals surface area contributed by atoms with Crippen molar-refractivity contribution in [3.8, 4) is 11.5 Å². The lowest BCUT2D eigenvalue weighted by atomic mass is 10.0. The number of amides is 2. The number of aliphatic carboxylic acids is 1. The van der Waals surface area contributed by atoms with E-state index in [0.717, 1.165) is 28.0 Å². The number of carboxylic acid groups (broad SMARTS) is 1. The summed E-state index contributed by atoms with van der Waals surface area (Å²) in [6.45, 7) is 4.28. The Labute approximate surface area is 263 Å². The molecular formula is C26H29N10O7S2+. The van der Waals surface area contributed by atoms with Crippen molar-refractivity contribution in [1.29, 1.82) is 0 Å². The zero-order chi connectivity index (χ0) is 32.3. The first kappa shape index (κ1) is 30.3. The van der Waals surface area contributed by atoms with Crippen LogP contribution in [0.2, 0.25) is 0 Å². The zero-order valence-electron chi connectivity index (χ0n) is 24.2. The van der Waals surface area contributed by atoms with Crippen LogP contribution in [0.5, 0.6) is 11.5 Å². The number of aromatic hydroxyl groups is 2. The van der Waals surface area contributed by atoms with E-state index in [-0.39, 0.29) is 27.2 Å². The first-order valence-corrected chi connectivity index (χ1v) is 15.4. The number of H-pyrrole nitrogens is 1. The van der Waals surface area contributed by atoms with Gasteiger partial charge in [0.2, 0.25) is 5.60 Å². The largest absolute Gasteiger partial charge is 0.504 e. The van der Waals surface area contributed by atoms with E-state index in [9.17, 15) is 29.7 Å². The second kappa shape index (κ2) is 11.0. The van der Waals surface area contributed by atoms with E-state index < -0.39 is 34.8 Å². The molecule has 0 bridgehead atoms. The minimum atomic E-state index is -1.73. The fraction of sp³-hybridized carbons (Fsp3) is 0.385. The van der Waals surface area contributed by atoms with Crippen molar-refractivity contribution in [3.63, 3.8) is 0 Å². The standard InChI is InChI=1S/C26H28N10O7S2/c1-26(2,24(41)42)43-32-17(16-6-28-25(27)45-16)21(39)29-18-22(40)35-19(20-30-33-34-31-20)13(10-44-23(18)35)9-36(3)7-11-4-14(37)15(38)5-12(11)8-36/h4-6,18,23H,7-10H2,1-3H3,(H6-,27,28,29,30,31,32,33,34,37,38,39,41,42)/p+1/t18-,23-/m1/s1. The predicted molar refractivity (Wildman–Crippen MR) is 160 cm³/mol. The number of oxime groups is 1. The van der Waals surface area contributed by atoms with Gasteiger partial charge in [-0.1, -0.05) is 16.5 Å². The Balaban J connectivity index is 1.25. The number of nitrogen functional groups attached to an aromatic ring is 1. The quantitative estimate of drug-likeness (QED) is 0.0593. The summed E-state index contributed by atoms with van der Waals surface area (Å²) in [5.41, 5.74) is 7.03. The molecule has 3 aromatic rings. The summed E-state index contributed by atoms with van der Waals surface area (Å²) in [6, 6.07) is 2.21. The molecule has 3 aliphatic rings. The molecule has 0 aliphatic carbocycles. The molecule has 45 heavy (non-hydrogen) atoms. The van der Waals surface area contributed by atoms with Crippen molar-refractivity contribution in [2.24, 2.45) is 5.16 Å². The number of hydrogen-bond donors (Lipinski definition) is 6. The van der Waals surface area contributed by atoms with E-state index in [2.05, 4.69) is 43.1 Å². The number of phenolic OH excluding ortho intramolecular Hbond substituents is 2. The van der Waals surface area contributed by atoms with Crippen molar-refractivity contribution in [3.05, 3.63) is 45.7 Å². The van der Waals surface area contributed by atoms with Crippen LogP contribution >= 0.6 is 23.1 Å². The SMILES string of the molecule is CC(C)(O/N=C(\C(=O)N[C@@H]1C(=O)N2C(c3nnn[nH]3)=C(C[N+]3(C)Cc4cc(O)c(O)cc4C3)CS[C@H]12)c1cnc(N)s1)C(=O)O. The minimum Gasteiger partial charge on any atom is -0.504 e. The molecule has 6 rings (SSSR count). The number of likely N-dealkylation sites (N-methyl/N-ethyl adjacent to an activating group) is 1. The number of β-lactam (4-membered cyclic amide) rings is 1. The number of nitrogens with zero attached hydrogens (tertiary/aromatic N) is 7. The van der Waals surface area contributed by atoms with Crippen molar-refractivity contribution in [1.82, 2.24) is 35.8 Å². The average molecular weight is 658 g/mol. The summed E-state index contributed by atoms with van der Waals surface area (Å²) in [4.78, 5) is 49.6. The van der Waals surface area contributed by atoms with Crippen LogP contribution in [-0.2, 0) is 32.3 Å². The van der Waals surface area contributed by atoms with Crippen LogP contribution in [0, 0.1) is 0 Å². The Bertz CT molecular complexity index is 1740.